The topological polar surface area (TPSA) is 34.4 Å². The number of halogens is 2. The highest BCUT2D eigenvalue weighted by Gasteiger charge is 2.19. The van der Waals surface area contributed by atoms with Gasteiger partial charge in [0.15, 0.2) is 11.6 Å². The summed E-state index contributed by atoms with van der Waals surface area (Å²) in [4.78, 5) is 0. The smallest absolute Gasteiger partial charge is 0.165 e. The van der Waals surface area contributed by atoms with Crippen molar-refractivity contribution in [2.24, 2.45) is 0 Å². The van der Waals surface area contributed by atoms with Crippen molar-refractivity contribution >= 4 is 15.9 Å². The van der Waals surface area contributed by atoms with Crippen LogP contribution in [-0.2, 0) is 0 Å². The molecule has 0 aliphatic rings. The molecule has 0 fully saturated rings. The van der Waals surface area contributed by atoms with Gasteiger partial charge in [-0.05, 0) is 46.7 Å². The predicted molar refractivity (Wildman–Crippen MR) is 70.3 cm³/mol. The van der Waals surface area contributed by atoms with Crippen LogP contribution in [0, 0.1) is 5.82 Å². The lowest BCUT2D eigenvalue weighted by Crippen LogP contribution is -2.17. The summed E-state index contributed by atoms with van der Waals surface area (Å²) < 4.78 is 24.8. The van der Waals surface area contributed by atoms with Gasteiger partial charge in [0.05, 0.1) is 23.9 Å². The molecule has 0 bridgehead atoms. The Balaban J connectivity index is 2.40. The average Bonchev–Trinajstić information content (AvgIpc) is 2.77. The second-order valence-corrected chi connectivity index (χ2v) is 4.60. The summed E-state index contributed by atoms with van der Waals surface area (Å²) in [5.41, 5.74) is 0.770. The number of benzene rings is 1. The van der Waals surface area contributed by atoms with Gasteiger partial charge >= 0.3 is 0 Å². The van der Waals surface area contributed by atoms with Crippen LogP contribution in [0.2, 0.25) is 0 Å². The molecule has 0 radical (unpaired) electrons. The van der Waals surface area contributed by atoms with Crippen LogP contribution in [0.25, 0.3) is 0 Å². The van der Waals surface area contributed by atoms with Gasteiger partial charge in [0.25, 0.3) is 0 Å². The van der Waals surface area contributed by atoms with E-state index in [4.69, 9.17) is 9.15 Å². The first-order chi connectivity index (χ1) is 8.67. The number of rotatable bonds is 4. The lowest BCUT2D eigenvalue weighted by molar-refractivity contribution is 0.385. The maximum Gasteiger partial charge on any atom is 0.165 e. The second-order valence-electron chi connectivity index (χ2n) is 3.75. The van der Waals surface area contributed by atoms with E-state index in [9.17, 15) is 4.39 Å². The van der Waals surface area contributed by atoms with E-state index >= 15 is 0 Å². The fourth-order valence-electron chi connectivity index (χ4n) is 1.82. The summed E-state index contributed by atoms with van der Waals surface area (Å²) in [6, 6.07) is 6.44. The van der Waals surface area contributed by atoms with Crippen LogP contribution in [0.5, 0.6) is 5.75 Å². The van der Waals surface area contributed by atoms with Crippen molar-refractivity contribution in [2.45, 2.75) is 6.04 Å². The molecule has 3 nitrogen and oxygen atoms in total. The number of furan rings is 1. The lowest BCUT2D eigenvalue weighted by Gasteiger charge is -2.15. The first kappa shape index (κ1) is 13.1. The Morgan fingerprint density at radius 1 is 1.39 bits per heavy atom. The molecule has 1 atom stereocenters. The summed E-state index contributed by atoms with van der Waals surface area (Å²) in [5.74, 6) is 0.548. The summed E-state index contributed by atoms with van der Waals surface area (Å²) in [7, 11) is 3.23. The molecule has 1 heterocycles. The van der Waals surface area contributed by atoms with Gasteiger partial charge in [-0.1, -0.05) is 6.07 Å². The van der Waals surface area contributed by atoms with Crippen LogP contribution in [-0.4, -0.2) is 14.2 Å². The Hall–Kier alpha value is -1.33. The van der Waals surface area contributed by atoms with Gasteiger partial charge in [0, 0.05) is 0 Å². The highest BCUT2D eigenvalue weighted by Crippen LogP contribution is 2.31. The van der Waals surface area contributed by atoms with Crippen LogP contribution in [0.15, 0.2) is 39.4 Å². The third kappa shape index (κ3) is 2.42. The molecule has 0 aliphatic heterocycles. The fraction of sp³-hybridized carbons (Fsp3) is 0.231. The van der Waals surface area contributed by atoms with Crippen LogP contribution < -0.4 is 10.1 Å². The van der Waals surface area contributed by atoms with E-state index in [1.165, 1.54) is 13.2 Å². The van der Waals surface area contributed by atoms with Crippen molar-refractivity contribution in [1.29, 1.82) is 0 Å². The van der Waals surface area contributed by atoms with Crippen LogP contribution in [0.3, 0.4) is 0 Å². The Morgan fingerprint density at radius 2 is 2.17 bits per heavy atom. The minimum atomic E-state index is -0.391. The predicted octanol–water partition coefficient (Wildman–Crippen LogP) is 3.50. The van der Waals surface area contributed by atoms with Gasteiger partial charge in [-0.25, -0.2) is 4.39 Å². The number of hydrogen-bond donors (Lipinski definition) is 1. The third-order valence-corrected chi connectivity index (χ3v) is 3.36. The highest BCUT2D eigenvalue weighted by atomic mass is 79.9. The molecule has 18 heavy (non-hydrogen) atoms. The molecule has 0 aliphatic carbocycles. The van der Waals surface area contributed by atoms with Crippen molar-refractivity contribution in [3.8, 4) is 5.75 Å². The maximum atomic E-state index is 13.7. The van der Waals surface area contributed by atoms with Gasteiger partial charge in [0.1, 0.15) is 5.76 Å². The minimum Gasteiger partial charge on any atom is -0.494 e. The van der Waals surface area contributed by atoms with Crippen molar-refractivity contribution in [3.63, 3.8) is 0 Å². The average molecular weight is 314 g/mol. The number of methoxy groups -OCH3 is 1. The quantitative estimate of drug-likeness (QED) is 0.938. The van der Waals surface area contributed by atoms with Crippen molar-refractivity contribution < 1.29 is 13.5 Å². The molecule has 1 aromatic carbocycles. The summed E-state index contributed by atoms with van der Waals surface area (Å²) in [6.45, 7) is 0. The first-order valence-electron chi connectivity index (χ1n) is 5.41. The molecule has 1 unspecified atom stereocenters. The van der Waals surface area contributed by atoms with Crippen LogP contribution >= 0.6 is 15.9 Å². The van der Waals surface area contributed by atoms with Crippen molar-refractivity contribution in [2.75, 3.05) is 14.2 Å². The molecular formula is C13H13BrFNO2. The van der Waals surface area contributed by atoms with E-state index < -0.39 is 5.82 Å². The Labute approximate surface area is 113 Å². The van der Waals surface area contributed by atoms with E-state index in [1.807, 2.05) is 0 Å². The van der Waals surface area contributed by atoms with E-state index in [2.05, 4.69) is 21.2 Å². The Kier molecular flexibility index (Phi) is 4.04. The Bertz CT molecular complexity index is 542. The van der Waals surface area contributed by atoms with Gasteiger partial charge in [-0.15, -0.1) is 0 Å². The van der Waals surface area contributed by atoms with Crippen molar-refractivity contribution in [1.82, 2.24) is 5.32 Å². The normalized spacial score (nSPS) is 12.4. The molecule has 0 spiro atoms. The summed E-state index contributed by atoms with van der Waals surface area (Å²) >= 11 is 3.40. The van der Waals surface area contributed by atoms with Crippen LogP contribution in [0.4, 0.5) is 4.39 Å². The van der Waals surface area contributed by atoms with E-state index in [0.717, 1.165) is 10.0 Å². The van der Waals surface area contributed by atoms with Gasteiger partial charge in [-0.2, -0.15) is 0 Å². The van der Waals surface area contributed by atoms with E-state index in [-0.39, 0.29) is 11.8 Å². The van der Waals surface area contributed by atoms with E-state index in [0.29, 0.717) is 5.76 Å². The molecule has 1 N–H and O–H groups in total. The third-order valence-electron chi connectivity index (χ3n) is 2.70. The lowest BCUT2D eigenvalue weighted by atomic mass is 10.0. The fourth-order valence-corrected chi connectivity index (χ4v) is 2.25. The molecule has 0 saturated heterocycles. The molecule has 0 amide bonds. The molecule has 0 saturated carbocycles. The summed E-state index contributed by atoms with van der Waals surface area (Å²) in [6.07, 6.45) is 1.59. The monoisotopic (exact) mass is 313 g/mol. The second kappa shape index (κ2) is 5.54. The molecular weight excluding hydrogens is 301 g/mol. The SMILES string of the molecule is CNC(c1ccc(OC)c(F)c1)c1occc1Br. The van der Waals surface area contributed by atoms with E-state index in [1.54, 1.807) is 31.5 Å². The first-order valence-corrected chi connectivity index (χ1v) is 6.20. The molecule has 2 aromatic rings. The zero-order valence-electron chi connectivity index (χ0n) is 10.0. The largest absolute Gasteiger partial charge is 0.494 e. The zero-order chi connectivity index (χ0) is 13.1. The number of hydrogen-bond acceptors (Lipinski definition) is 3. The Morgan fingerprint density at radius 3 is 2.67 bits per heavy atom. The highest BCUT2D eigenvalue weighted by molar-refractivity contribution is 9.10. The molecule has 1 aromatic heterocycles. The summed E-state index contributed by atoms with van der Waals surface area (Å²) in [5, 5.41) is 3.10. The van der Waals surface area contributed by atoms with Gasteiger partial charge < -0.3 is 14.5 Å². The molecule has 96 valence electrons. The zero-order valence-corrected chi connectivity index (χ0v) is 11.6. The minimum absolute atomic E-state index is 0.213. The van der Waals surface area contributed by atoms with Gasteiger partial charge in [0.2, 0.25) is 0 Å². The van der Waals surface area contributed by atoms with Crippen molar-refractivity contribution in [3.05, 3.63) is 52.1 Å². The number of ether oxygens (including phenoxy) is 1. The maximum absolute atomic E-state index is 13.7. The van der Waals surface area contributed by atoms with Gasteiger partial charge in [-0.3, -0.25) is 0 Å². The standard InChI is InChI=1S/C13H13BrFNO2/c1-16-12(13-9(14)5-6-18-13)8-3-4-11(17-2)10(15)7-8/h3-7,12,16H,1-2H3. The molecule has 2 rings (SSSR count). The number of nitrogens with one attached hydrogen (secondary N) is 1. The molecule has 5 heteroatoms. The van der Waals surface area contributed by atoms with Crippen LogP contribution in [0.1, 0.15) is 17.4 Å².